The predicted molar refractivity (Wildman–Crippen MR) is 142 cm³/mol. The fourth-order valence-corrected chi connectivity index (χ4v) is 3.93. The van der Waals surface area contributed by atoms with Crippen LogP contribution in [-0.2, 0) is 11.3 Å². The lowest BCUT2D eigenvalue weighted by Gasteiger charge is -2.24. The summed E-state index contributed by atoms with van der Waals surface area (Å²) in [5.41, 5.74) is 10.5. The third kappa shape index (κ3) is 5.97. The Hall–Kier alpha value is -4.44. The highest BCUT2D eigenvalue weighted by molar-refractivity contribution is 5.92. The molecule has 0 bridgehead atoms. The number of amides is 2. The largest absolute Gasteiger partial charge is 0.368 e. The van der Waals surface area contributed by atoms with Gasteiger partial charge >= 0.3 is 6.03 Å². The maximum Gasteiger partial charge on any atom is 0.349 e. The van der Waals surface area contributed by atoms with Crippen molar-refractivity contribution in [3.63, 3.8) is 0 Å². The van der Waals surface area contributed by atoms with Gasteiger partial charge in [0.05, 0.1) is 0 Å². The zero-order valence-electron chi connectivity index (χ0n) is 20.4. The Bertz CT molecular complexity index is 1280. The van der Waals surface area contributed by atoms with Crippen LogP contribution in [0.4, 0.5) is 28.1 Å². The van der Waals surface area contributed by atoms with Crippen LogP contribution in [0, 0.1) is 0 Å². The van der Waals surface area contributed by atoms with Crippen molar-refractivity contribution in [3.8, 4) is 0 Å². The van der Waals surface area contributed by atoms with Crippen molar-refractivity contribution in [3.05, 3.63) is 78.5 Å². The van der Waals surface area contributed by atoms with Gasteiger partial charge in [-0.25, -0.2) is 4.79 Å². The first-order valence-electron chi connectivity index (χ1n) is 11.6. The molecule has 4 N–H and O–H groups in total. The van der Waals surface area contributed by atoms with Crippen molar-refractivity contribution in [1.82, 2.24) is 24.6 Å². The van der Waals surface area contributed by atoms with Gasteiger partial charge in [-0.1, -0.05) is 30.8 Å². The van der Waals surface area contributed by atoms with Crippen LogP contribution in [-0.4, -0.2) is 57.1 Å². The number of anilines is 4. The van der Waals surface area contributed by atoms with Crippen LogP contribution in [0.1, 0.15) is 24.0 Å². The van der Waals surface area contributed by atoms with Crippen molar-refractivity contribution in [1.29, 1.82) is 0 Å². The topological polar surface area (TPSA) is 121 Å². The molecule has 0 radical (unpaired) electrons. The van der Waals surface area contributed by atoms with E-state index in [1.165, 1.54) is 11.6 Å². The summed E-state index contributed by atoms with van der Waals surface area (Å²) in [6, 6.07) is 14.7. The molecule has 186 valence electrons. The average Bonchev–Trinajstić information content (AvgIpc) is 3.25. The molecule has 0 unspecified atom stereocenters. The van der Waals surface area contributed by atoms with E-state index in [4.69, 9.17) is 5.73 Å². The number of nitrogens with zero attached hydrogens (tertiary/aromatic N) is 5. The summed E-state index contributed by atoms with van der Waals surface area (Å²) in [5, 5.41) is 10.0. The molecular weight excluding hydrogens is 456 g/mol. The molecule has 3 aromatic rings. The molecule has 2 amide bonds. The van der Waals surface area contributed by atoms with E-state index in [-0.39, 0.29) is 17.8 Å². The summed E-state index contributed by atoms with van der Waals surface area (Å²) in [5.74, 6) is 0.0770. The summed E-state index contributed by atoms with van der Waals surface area (Å²) in [7, 11) is 4.03. The second kappa shape index (κ2) is 10.9. The van der Waals surface area contributed by atoms with Crippen LogP contribution in [0.3, 0.4) is 0 Å². The van der Waals surface area contributed by atoms with Crippen molar-refractivity contribution < 1.29 is 9.59 Å². The Morgan fingerprint density at radius 1 is 1.11 bits per heavy atom. The number of benzene rings is 2. The molecule has 4 rings (SSSR count). The molecule has 1 aromatic heterocycles. The second-order valence-corrected chi connectivity index (χ2v) is 8.77. The normalized spacial score (nSPS) is 13.3. The van der Waals surface area contributed by atoms with E-state index in [1.54, 1.807) is 17.0 Å². The van der Waals surface area contributed by atoms with E-state index in [1.807, 2.05) is 56.7 Å². The molecule has 0 atom stereocenters. The maximum absolute atomic E-state index is 12.8. The predicted octanol–water partition coefficient (Wildman–Crippen LogP) is 3.90. The van der Waals surface area contributed by atoms with E-state index in [2.05, 4.69) is 32.2 Å². The van der Waals surface area contributed by atoms with E-state index in [0.29, 0.717) is 12.2 Å². The minimum Gasteiger partial charge on any atom is -0.368 e. The van der Waals surface area contributed by atoms with Gasteiger partial charge in [-0.3, -0.25) is 4.79 Å². The lowest BCUT2D eigenvalue weighted by atomic mass is 9.99. The summed E-state index contributed by atoms with van der Waals surface area (Å²) < 4.78 is 1.01. The summed E-state index contributed by atoms with van der Waals surface area (Å²) in [4.78, 5) is 32.6. The number of nitrogen functional groups attached to an aromatic ring is 1. The third-order valence-corrected chi connectivity index (χ3v) is 5.65. The second-order valence-electron chi connectivity index (χ2n) is 8.77. The first kappa shape index (κ1) is 24.7. The van der Waals surface area contributed by atoms with Crippen LogP contribution in [0.15, 0.2) is 67.4 Å². The molecular formula is C26H30N8O2. The highest BCUT2D eigenvalue weighted by Gasteiger charge is 2.17. The van der Waals surface area contributed by atoms with Crippen molar-refractivity contribution >= 4 is 40.8 Å². The maximum atomic E-state index is 12.8. The van der Waals surface area contributed by atoms with Crippen LogP contribution < -0.4 is 16.4 Å². The molecule has 0 spiro atoms. The SMILES string of the molecule is C=CC(=O)N1C=C(c2ccc(NC(=O)n3nc(Nc4ccc(CN(C)C)cc4)nc3N)cc2)CCC1. The van der Waals surface area contributed by atoms with Crippen molar-refractivity contribution in [2.24, 2.45) is 0 Å². The molecule has 0 aliphatic carbocycles. The van der Waals surface area contributed by atoms with E-state index in [0.717, 1.165) is 40.9 Å². The Labute approximate surface area is 210 Å². The van der Waals surface area contributed by atoms with Crippen molar-refractivity contribution in [2.75, 3.05) is 37.0 Å². The van der Waals surface area contributed by atoms with Gasteiger partial charge in [-0.2, -0.15) is 4.98 Å². The number of rotatable bonds is 7. The Morgan fingerprint density at radius 3 is 2.47 bits per heavy atom. The molecule has 0 fully saturated rings. The third-order valence-electron chi connectivity index (χ3n) is 5.65. The molecule has 10 heteroatoms. The van der Waals surface area contributed by atoms with Gasteiger partial charge in [-0.15, -0.1) is 9.78 Å². The summed E-state index contributed by atoms with van der Waals surface area (Å²) >= 11 is 0. The average molecular weight is 487 g/mol. The zero-order chi connectivity index (χ0) is 25.7. The molecule has 10 nitrogen and oxygen atoms in total. The van der Waals surface area contributed by atoms with Gasteiger partial charge < -0.3 is 26.2 Å². The number of carbonyl (C=O) groups excluding carboxylic acids is 2. The molecule has 36 heavy (non-hydrogen) atoms. The Balaban J connectivity index is 1.40. The van der Waals surface area contributed by atoms with Crippen molar-refractivity contribution in [2.45, 2.75) is 19.4 Å². The first-order chi connectivity index (χ1) is 17.3. The number of nitrogens with two attached hydrogens (primary N) is 1. The zero-order valence-corrected chi connectivity index (χ0v) is 20.4. The van der Waals surface area contributed by atoms with Gasteiger partial charge in [0, 0.05) is 30.7 Å². The number of hydrogen-bond acceptors (Lipinski definition) is 7. The van der Waals surface area contributed by atoms with E-state index < -0.39 is 6.03 Å². The molecule has 0 saturated carbocycles. The monoisotopic (exact) mass is 486 g/mol. The molecule has 0 saturated heterocycles. The molecule has 1 aliphatic rings. The first-order valence-corrected chi connectivity index (χ1v) is 11.6. The quantitative estimate of drug-likeness (QED) is 0.433. The van der Waals surface area contributed by atoms with Crippen LogP contribution in [0.25, 0.3) is 5.57 Å². The summed E-state index contributed by atoms with van der Waals surface area (Å²) in [6.07, 6.45) is 4.93. The smallest absolute Gasteiger partial charge is 0.349 e. The molecule has 1 aliphatic heterocycles. The Kier molecular flexibility index (Phi) is 7.45. The van der Waals surface area contributed by atoms with Gasteiger partial charge in [0.25, 0.3) is 0 Å². The van der Waals surface area contributed by atoms with Gasteiger partial charge in [0.1, 0.15) is 0 Å². The van der Waals surface area contributed by atoms with Gasteiger partial charge in [-0.05, 0) is 74.0 Å². The van der Waals surface area contributed by atoms with Crippen LogP contribution in [0.5, 0.6) is 0 Å². The fraction of sp³-hybridized carbons (Fsp3) is 0.231. The molecule has 2 heterocycles. The number of allylic oxidation sites excluding steroid dienone is 1. The minimum absolute atomic E-state index is 0.0322. The lowest BCUT2D eigenvalue weighted by molar-refractivity contribution is -0.123. The van der Waals surface area contributed by atoms with E-state index >= 15 is 0 Å². The fourth-order valence-electron chi connectivity index (χ4n) is 3.93. The minimum atomic E-state index is -0.526. The van der Waals surface area contributed by atoms with Crippen LogP contribution >= 0.6 is 0 Å². The highest BCUT2D eigenvalue weighted by atomic mass is 16.2. The highest BCUT2D eigenvalue weighted by Crippen LogP contribution is 2.26. The number of nitrogens with one attached hydrogen (secondary N) is 2. The standard InChI is InChI=1S/C26H30N8O2/c1-4-23(35)33-15-5-6-20(17-33)19-9-13-22(14-10-19)29-26(36)34-24(27)30-25(31-34)28-21-11-7-18(8-12-21)16-32(2)3/h4,7-14,17H,1,5-6,15-16H2,2-3H3,(H,29,36)(H3,27,28,30,31). The van der Waals surface area contributed by atoms with Gasteiger partial charge in [0.15, 0.2) is 0 Å². The lowest BCUT2D eigenvalue weighted by Crippen LogP contribution is -2.27. The number of hydrogen-bond donors (Lipinski definition) is 3. The summed E-state index contributed by atoms with van der Waals surface area (Å²) in [6.45, 7) is 5.07. The number of carbonyl (C=O) groups is 2. The van der Waals surface area contributed by atoms with Gasteiger partial charge in [0.2, 0.25) is 17.8 Å². The van der Waals surface area contributed by atoms with E-state index in [9.17, 15) is 9.59 Å². The number of aromatic nitrogens is 3. The molecule has 2 aromatic carbocycles. The van der Waals surface area contributed by atoms with Crippen LogP contribution in [0.2, 0.25) is 0 Å². The Morgan fingerprint density at radius 2 is 1.81 bits per heavy atom.